The predicted octanol–water partition coefficient (Wildman–Crippen LogP) is 2.72. The summed E-state index contributed by atoms with van der Waals surface area (Å²) in [6.07, 6.45) is 3.76. The van der Waals surface area contributed by atoms with Gasteiger partial charge in [-0.3, -0.25) is 5.41 Å². The van der Waals surface area contributed by atoms with E-state index >= 15 is 0 Å². The van der Waals surface area contributed by atoms with Gasteiger partial charge in [-0.05, 0) is 37.5 Å². The molecular weight excluding hydrogens is 266 g/mol. The number of halogens is 1. The van der Waals surface area contributed by atoms with Crippen LogP contribution >= 0.6 is 15.9 Å². The third kappa shape index (κ3) is 2.38. The molecule has 0 spiro atoms. The second kappa shape index (κ2) is 4.87. The molecule has 0 aliphatic carbocycles. The topological polar surface area (TPSA) is 53.1 Å². The first-order chi connectivity index (χ1) is 7.68. The molecule has 0 saturated carbocycles. The zero-order valence-corrected chi connectivity index (χ0v) is 10.8. The highest BCUT2D eigenvalue weighted by Gasteiger charge is 2.15. The number of amidine groups is 1. The van der Waals surface area contributed by atoms with Gasteiger partial charge in [-0.25, -0.2) is 0 Å². The van der Waals surface area contributed by atoms with E-state index in [-0.39, 0.29) is 5.84 Å². The van der Waals surface area contributed by atoms with Crippen molar-refractivity contribution in [1.29, 1.82) is 5.41 Å². The van der Waals surface area contributed by atoms with Crippen LogP contribution in [0.4, 0.5) is 5.69 Å². The average Bonchev–Trinajstić information content (AvgIpc) is 2.29. The molecule has 1 aromatic carbocycles. The summed E-state index contributed by atoms with van der Waals surface area (Å²) in [5.41, 5.74) is 7.54. The number of piperidine rings is 1. The Morgan fingerprint density at radius 2 is 1.94 bits per heavy atom. The summed E-state index contributed by atoms with van der Waals surface area (Å²) >= 11 is 3.47. The molecule has 86 valence electrons. The maximum absolute atomic E-state index is 7.60. The Kier molecular flexibility index (Phi) is 3.49. The minimum atomic E-state index is 0.146. The van der Waals surface area contributed by atoms with E-state index in [0.717, 1.165) is 28.8 Å². The Morgan fingerprint density at radius 3 is 2.56 bits per heavy atom. The average molecular weight is 282 g/mol. The minimum Gasteiger partial charge on any atom is -0.384 e. The number of rotatable bonds is 2. The number of hydrogen-bond donors (Lipinski definition) is 2. The third-order valence-electron chi connectivity index (χ3n) is 2.95. The van der Waals surface area contributed by atoms with Crippen LogP contribution < -0.4 is 10.6 Å². The highest BCUT2D eigenvalue weighted by Crippen LogP contribution is 2.27. The summed E-state index contributed by atoms with van der Waals surface area (Å²) in [5, 5.41) is 7.60. The SMILES string of the molecule is N=C(N)c1ccc(Br)cc1N1CCCCC1. The molecule has 1 fully saturated rings. The fourth-order valence-electron chi connectivity index (χ4n) is 2.13. The minimum absolute atomic E-state index is 0.146. The van der Waals surface area contributed by atoms with Crippen molar-refractivity contribution < 1.29 is 0 Å². The van der Waals surface area contributed by atoms with E-state index in [1.165, 1.54) is 19.3 Å². The van der Waals surface area contributed by atoms with Crippen molar-refractivity contribution in [2.24, 2.45) is 5.73 Å². The number of benzene rings is 1. The molecule has 2 rings (SSSR count). The fraction of sp³-hybridized carbons (Fsp3) is 0.417. The van der Waals surface area contributed by atoms with E-state index in [1.54, 1.807) is 0 Å². The molecule has 0 amide bonds. The zero-order valence-electron chi connectivity index (χ0n) is 9.17. The lowest BCUT2D eigenvalue weighted by Crippen LogP contribution is -2.31. The van der Waals surface area contributed by atoms with Gasteiger partial charge in [-0.15, -0.1) is 0 Å². The maximum atomic E-state index is 7.60. The Morgan fingerprint density at radius 1 is 1.25 bits per heavy atom. The summed E-state index contributed by atoms with van der Waals surface area (Å²) in [6, 6.07) is 5.91. The Bertz CT molecular complexity index is 397. The number of anilines is 1. The molecule has 1 aliphatic rings. The lowest BCUT2D eigenvalue weighted by Gasteiger charge is -2.30. The number of nitrogens with two attached hydrogens (primary N) is 1. The van der Waals surface area contributed by atoms with Crippen LogP contribution in [0.5, 0.6) is 0 Å². The van der Waals surface area contributed by atoms with Gasteiger partial charge >= 0.3 is 0 Å². The van der Waals surface area contributed by atoms with Gasteiger partial charge in [0.1, 0.15) is 5.84 Å². The van der Waals surface area contributed by atoms with Crippen molar-refractivity contribution >= 4 is 27.5 Å². The second-order valence-electron chi connectivity index (χ2n) is 4.12. The van der Waals surface area contributed by atoms with Crippen molar-refractivity contribution in [3.8, 4) is 0 Å². The normalized spacial score (nSPS) is 16.2. The van der Waals surface area contributed by atoms with Gasteiger partial charge < -0.3 is 10.6 Å². The number of hydrogen-bond acceptors (Lipinski definition) is 2. The van der Waals surface area contributed by atoms with E-state index in [1.807, 2.05) is 12.1 Å². The summed E-state index contributed by atoms with van der Waals surface area (Å²) in [4.78, 5) is 2.32. The van der Waals surface area contributed by atoms with Gasteiger partial charge in [0.15, 0.2) is 0 Å². The Hall–Kier alpha value is -1.03. The standard InChI is InChI=1S/C12H16BrN3/c13-9-4-5-10(12(14)15)11(8-9)16-6-2-1-3-7-16/h4-5,8H,1-3,6-7H2,(H3,14,15). The van der Waals surface area contributed by atoms with Gasteiger partial charge in [0.25, 0.3) is 0 Å². The van der Waals surface area contributed by atoms with E-state index in [0.29, 0.717) is 0 Å². The second-order valence-corrected chi connectivity index (χ2v) is 5.04. The van der Waals surface area contributed by atoms with Crippen LogP contribution in [-0.4, -0.2) is 18.9 Å². The molecule has 0 radical (unpaired) electrons. The molecule has 3 nitrogen and oxygen atoms in total. The first-order valence-corrected chi connectivity index (χ1v) is 6.36. The van der Waals surface area contributed by atoms with Gasteiger partial charge in [0.2, 0.25) is 0 Å². The van der Waals surface area contributed by atoms with Crippen molar-refractivity contribution in [1.82, 2.24) is 0 Å². The molecule has 0 atom stereocenters. The zero-order chi connectivity index (χ0) is 11.5. The molecular formula is C12H16BrN3. The van der Waals surface area contributed by atoms with Crippen molar-refractivity contribution in [3.63, 3.8) is 0 Å². The number of nitrogens with one attached hydrogen (secondary N) is 1. The highest BCUT2D eigenvalue weighted by molar-refractivity contribution is 9.10. The van der Waals surface area contributed by atoms with Crippen LogP contribution in [0.1, 0.15) is 24.8 Å². The van der Waals surface area contributed by atoms with Crippen molar-refractivity contribution in [2.45, 2.75) is 19.3 Å². The summed E-state index contributed by atoms with van der Waals surface area (Å²) in [5.74, 6) is 0.146. The molecule has 16 heavy (non-hydrogen) atoms. The van der Waals surface area contributed by atoms with E-state index < -0.39 is 0 Å². The fourth-order valence-corrected chi connectivity index (χ4v) is 2.48. The van der Waals surface area contributed by atoms with Crippen LogP contribution in [0.2, 0.25) is 0 Å². The molecule has 3 N–H and O–H groups in total. The van der Waals surface area contributed by atoms with Crippen LogP contribution in [-0.2, 0) is 0 Å². The lowest BCUT2D eigenvalue weighted by molar-refractivity contribution is 0.577. The smallest absolute Gasteiger partial charge is 0.124 e. The van der Waals surface area contributed by atoms with Crippen LogP contribution in [0.25, 0.3) is 0 Å². The first-order valence-electron chi connectivity index (χ1n) is 5.57. The van der Waals surface area contributed by atoms with Gasteiger partial charge in [-0.1, -0.05) is 15.9 Å². The van der Waals surface area contributed by atoms with Gasteiger partial charge in [0, 0.05) is 28.8 Å². The van der Waals surface area contributed by atoms with Crippen LogP contribution in [0, 0.1) is 5.41 Å². The molecule has 4 heteroatoms. The van der Waals surface area contributed by atoms with Gasteiger partial charge in [0.05, 0.1) is 0 Å². The molecule has 0 aromatic heterocycles. The largest absolute Gasteiger partial charge is 0.384 e. The van der Waals surface area contributed by atoms with E-state index in [2.05, 4.69) is 26.9 Å². The third-order valence-corrected chi connectivity index (χ3v) is 3.44. The molecule has 0 unspecified atom stereocenters. The number of nitrogen functional groups attached to an aromatic ring is 1. The number of nitrogens with zero attached hydrogens (tertiary/aromatic N) is 1. The molecule has 1 heterocycles. The van der Waals surface area contributed by atoms with Crippen molar-refractivity contribution in [2.75, 3.05) is 18.0 Å². The monoisotopic (exact) mass is 281 g/mol. The van der Waals surface area contributed by atoms with Gasteiger partial charge in [-0.2, -0.15) is 0 Å². The van der Waals surface area contributed by atoms with E-state index in [4.69, 9.17) is 11.1 Å². The Balaban J connectivity index is 2.36. The summed E-state index contributed by atoms with van der Waals surface area (Å²) in [6.45, 7) is 2.13. The van der Waals surface area contributed by atoms with Crippen LogP contribution in [0.15, 0.2) is 22.7 Å². The van der Waals surface area contributed by atoms with Crippen LogP contribution in [0.3, 0.4) is 0 Å². The summed E-state index contributed by atoms with van der Waals surface area (Å²) < 4.78 is 1.04. The van der Waals surface area contributed by atoms with E-state index in [9.17, 15) is 0 Å². The maximum Gasteiger partial charge on any atom is 0.124 e. The molecule has 1 saturated heterocycles. The highest BCUT2D eigenvalue weighted by atomic mass is 79.9. The van der Waals surface area contributed by atoms with Crippen molar-refractivity contribution in [3.05, 3.63) is 28.2 Å². The molecule has 0 bridgehead atoms. The first kappa shape index (κ1) is 11.5. The molecule has 1 aromatic rings. The molecule has 1 aliphatic heterocycles. The Labute approximate surface area is 104 Å². The predicted molar refractivity (Wildman–Crippen MR) is 71.2 cm³/mol. The lowest BCUT2D eigenvalue weighted by atomic mass is 10.1. The summed E-state index contributed by atoms with van der Waals surface area (Å²) in [7, 11) is 0. The quantitative estimate of drug-likeness (QED) is 0.647.